The minimum Gasteiger partial charge on any atom is -0.498 e. The van der Waals surface area contributed by atoms with E-state index in [9.17, 15) is 0 Å². The van der Waals surface area contributed by atoms with Gasteiger partial charge >= 0.3 is 0 Å². The van der Waals surface area contributed by atoms with Gasteiger partial charge in [0.15, 0.2) is 0 Å². The van der Waals surface area contributed by atoms with E-state index in [0.29, 0.717) is 5.39 Å². The predicted molar refractivity (Wildman–Crippen MR) is 179 cm³/mol. The van der Waals surface area contributed by atoms with Gasteiger partial charge in [-0.05, 0) is 60.0 Å². The third kappa shape index (κ3) is 6.00. The van der Waals surface area contributed by atoms with Crippen molar-refractivity contribution in [2.75, 3.05) is 0 Å². The van der Waals surface area contributed by atoms with Crippen LogP contribution in [0.2, 0.25) is 19.6 Å². The zero-order valence-corrected chi connectivity index (χ0v) is 27.4. The summed E-state index contributed by atoms with van der Waals surface area (Å²) in [6.07, 6.45) is 5.50. The Hall–Kier alpha value is -4.03. The zero-order valence-electron chi connectivity index (χ0n) is 36.0. The van der Waals surface area contributed by atoms with Crippen molar-refractivity contribution in [3.05, 3.63) is 114 Å². The number of furan rings is 1. The summed E-state index contributed by atoms with van der Waals surface area (Å²) in [5.74, 6) is 0. The van der Waals surface area contributed by atoms with Crippen molar-refractivity contribution in [3.8, 4) is 22.5 Å². The second-order valence-corrected chi connectivity index (χ2v) is 16.1. The first-order valence-corrected chi connectivity index (χ1v) is 17.0. The van der Waals surface area contributed by atoms with Crippen LogP contribution in [0.5, 0.6) is 0 Å². The molecular formula is C37H34IrN4OSi-2. The van der Waals surface area contributed by atoms with Crippen molar-refractivity contribution in [1.29, 1.82) is 0 Å². The molecule has 0 atom stereocenters. The Balaban J connectivity index is 0.000000295. The SMILES string of the molecule is C[Si](C)(C)c1ccc(-c2[c-]cccc2)nc1.[2H]C([2H])([2H])c1cnc(-c2[c-]nc(C([2H])([2H])[2H])c3c2oc2c4ccccc4c(C([2H])([2H])[2H])nc23)cc1C([2H])([2H])[2H].[Ir]. The Morgan fingerprint density at radius 3 is 2.23 bits per heavy atom. The fourth-order valence-electron chi connectivity index (χ4n) is 4.70. The monoisotopic (exact) mass is 783 g/mol. The van der Waals surface area contributed by atoms with E-state index in [1.54, 1.807) is 24.3 Å². The summed E-state index contributed by atoms with van der Waals surface area (Å²) in [5.41, 5.74) is 0.215. The van der Waals surface area contributed by atoms with Gasteiger partial charge in [-0.15, -0.1) is 35.9 Å². The third-order valence-electron chi connectivity index (χ3n) is 7.05. The fraction of sp³-hybridized carbons (Fsp3) is 0.189. The number of aromatic nitrogens is 4. The molecule has 0 saturated carbocycles. The van der Waals surface area contributed by atoms with Crippen molar-refractivity contribution >= 4 is 46.1 Å². The quantitative estimate of drug-likeness (QED) is 0.133. The van der Waals surface area contributed by atoms with Crippen LogP contribution in [0.1, 0.15) is 39.0 Å². The molecule has 44 heavy (non-hydrogen) atoms. The standard InChI is InChI=1S/C23H18N3O.C14H16NSi.Ir/c1-12-9-19(25-10-13(12)2)18-11-24-15(4)20-21-23(27-22(18)20)17-8-6-5-7-16(17)14(3)26-21;1-16(2,3)13-9-10-14(15-11-13)12-7-5-4-6-8-12;/h5-10H,1-4H3;4-7,9-11H,1-3H3;/q2*-1;/i1D3,2D3,3D3,4D3;;. The van der Waals surface area contributed by atoms with E-state index in [0.717, 1.165) is 23.5 Å². The molecule has 2 aromatic carbocycles. The molecule has 0 saturated heterocycles. The number of hydrogen-bond donors (Lipinski definition) is 0. The maximum atomic E-state index is 8.01. The van der Waals surface area contributed by atoms with Gasteiger partial charge in [-0.2, -0.15) is 0 Å². The Morgan fingerprint density at radius 1 is 0.773 bits per heavy atom. The van der Waals surface area contributed by atoms with Crippen molar-refractivity contribution in [2.24, 2.45) is 0 Å². The molecule has 1 radical (unpaired) electrons. The van der Waals surface area contributed by atoms with Crippen molar-refractivity contribution in [3.63, 3.8) is 0 Å². The zero-order chi connectivity index (χ0) is 40.3. The molecule has 5 heterocycles. The molecule has 5 aromatic heterocycles. The van der Waals surface area contributed by atoms with Crippen LogP contribution in [0.3, 0.4) is 0 Å². The molecule has 0 spiro atoms. The molecule has 7 aromatic rings. The number of rotatable bonds is 3. The van der Waals surface area contributed by atoms with Gasteiger partial charge in [-0.25, -0.2) is 0 Å². The van der Waals surface area contributed by atoms with Gasteiger partial charge in [0, 0.05) is 65.4 Å². The van der Waals surface area contributed by atoms with Gasteiger partial charge in [0.25, 0.3) is 0 Å². The first-order valence-electron chi connectivity index (χ1n) is 19.5. The van der Waals surface area contributed by atoms with Crippen molar-refractivity contribution in [2.45, 2.75) is 47.0 Å². The number of hydrogen-bond acceptors (Lipinski definition) is 5. The maximum absolute atomic E-state index is 8.01. The average Bonchev–Trinajstić information content (AvgIpc) is 3.49. The Morgan fingerprint density at radius 2 is 1.55 bits per heavy atom. The van der Waals surface area contributed by atoms with Gasteiger partial charge in [0.2, 0.25) is 0 Å². The van der Waals surface area contributed by atoms with E-state index < -0.39 is 52.3 Å². The summed E-state index contributed by atoms with van der Waals surface area (Å²) in [4.78, 5) is 17.0. The average molecular weight is 783 g/mol. The summed E-state index contributed by atoms with van der Waals surface area (Å²) >= 11 is 0. The molecule has 0 bridgehead atoms. The summed E-state index contributed by atoms with van der Waals surface area (Å²) in [7, 11) is -1.23. The summed E-state index contributed by atoms with van der Waals surface area (Å²) in [6.45, 7) is -4.00. The molecular weight excluding hydrogens is 737 g/mol. The number of pyridine rings is 4. The number of fused-ring (bicyclic) bond motifs is 5. The third-order valence-corrected chi connectivity index (χ3v) is 9.08. The second kappa shape index (κ2) is 12.5. The summed E-state index contributed by atoms with van der Waals surface area (Å²) in [5, 5.41) is 1.93. The minimum atomic E-state index is -2.81. The molecule has 0 aliphatic heterocycles. The van der Waals surface area contributed by atoms with Crippen LogP contribution < -0.4 is 5.19 Å². The first-order chi connectivity index (χ1) is 25.5. The van der Waals surface area contributed by atoms with E-state index in [4.69, 9.17) is 20.9 Å². The molecule has 0 unspecified atom stereocenters. The van der Waals surface area contributed by atoms with Crippen molar-refractivity contribution < 1.29 is 41.0 Å². The number of nitrogens with zero attached hydrogens (tertiary/aromatic N) is 4. The molecule has 0 amide bonds. The van der Waals surface area contributed by atoms with E-state index in [1.807, 2.05) is 30.5 Å². The number of benzene rings is 2. The Bertz CT molecular complexity index is 2530. The molecule has 223 valence electrons. The molecule has 5 nitrogen and oxygen atoms in total. The first kappa shape index (κ1) is 19.4. The van der Waals surface area contributed by atoms with Crippen LogP contribution >= 0.6 is 0 Å². The minimum absolute atomic E-state index is 0. The summed E-state index contributed by atoms with van der Waals surface area (Å²) in [6, 6.07) is 23.0. The molecule has 0 aliphatic rings. The fourth-order valence-corrected chi connectivity index (χ4v) is 5.74. The van der Waals surface area contributed by atoms with Gasteiger partial charge < -0.3 is 19.4 Å². The maximum Gasteiger partial charge on any atom is 0.147 e. The van der Waals surface area contributed by atoms with Gasteiger partial charge in [-0.1, -0.05) is 80.1 Å². The van der Waals surface area contributed by atoms with E-state index >= 15 is 0 Å². The van der Waals surface area contributed by atoms with E-state index in [-0.39, 0.29) is 64.5 Å². The van der Waals surface area contributed by atoms with Crippen LogP contribution in [-0.2, 0) is 20.1 Å². The molecule has 0 fully saturated rings. The van der Waals surface area contributed by atoms with Crippen LogP contribution in [-0.4, -0.2) is 28.0 Å². The van der Waals surface area contributed by atoms with Gasteiger partial charge in [0.05, 0.1) is 19.2 Å². The molecule has 0 N–H and O–H groups in total. The van der Waals surface area contributed by atoms with Crippen LogP contribution in [0.25, 0.3) is 55.4 Å². The predicted octanol–water partition coefficient (Wildman–Crippen LogP) is 8.72. The van der Waals surface area contributed by atoms with Crippen LogP contribution in [0.15, 0.2) is 83.5 Å². The van der Waals surface area contributed by atoms with Crippen LogP contribution in [0, 0.1) is 39.7 Å². The largest absolute Gasteiger partial charge is 0.498 e. The van der Waals surface area contributed by atoms with Crippen molar-refractivity contribution in [1.82, 2.24) is 19.9 Å². The molecule has 7 heteroatoms. The van der Waals surface area contributed by atoms with Crippen LogP contribution in [0.4, 0.5) is 0 Å². The topological polar surface area (TPSA) is 64.7 Å². The van der Waals surface area contributed by atoms with Gasteiger partial charge in [-0.3, -0.25) is 4.98 Å². The van der Waals surface area contributed by atoms with Gasteiger partial charge in [0.1, 0.15) is 5.58 Å². The van der Waals surface area contributed by atoms with E-state index in [2.05, 4.69) is 64.0 Å². The normalized spacial score (nSPS) is 16.5. The summed E-state index contributed by atoms with van der Waals surface area (Å²) < 4.78 is 101. The Labute approximate surface area is 290 Å². The second-order valence-electron chi connectivity index (χ2n) is 11.0. The smallest absolute Gasteiger partial charge is 0.147 e. The molecule has 0 aliphatic carbocycles. The molecule has 7 rings (SSSR count). The Kier molecular flexibility index (Phi) is 5.51. The van der Waals surface area contributed by atoms with E-state index in [1.165, 1.54) is 5.19 Å². The number of aryl methyl sites for hydroxylation is 4.